The molecule has 0 saturated carbocycles. The van der Waals surface area contributed by atoms with Crippen molar-refractivity contribution in [3.05, 3.63) is 29.8 Å². The van der Waals surface area contributed by atoms with E-state index in [2.05, 4.69) is 56.0 Å². The van der Waals surface area contributed by atoms with Crippen LogP contribution in [0.5, 0.6) is 5.75 Å². The van der Waals surface area contributed by atoms with E-state index < -0.39 is 0 Å². The number of thioether (sulfide) groups is 1. The van der Waals surface area contributed by atoms with E-state index in [0.717, 1.165) is 5.75 Å². The van der Waals surface area contributed by atoms with Crippen LogP contribution in [0.4, 0.5) is 0 Å². The summed E-state index contributed by atoms with van der Waals surface area (Å²) in [5.41, 5.74) is 1.68. The number of nitrogens with one attached hydrogen (secondary N) is 1. The molecule has 2 rings (SSSR count). The standard InChI is InChI=1S/C16H25NOS/c1-12(13-6-5-7-14(10-13)18-4)17-15-11-19-9-8-16(15,2)3/h5-7,10,12,15,17H,8-9,11H2,1-4H3. The maximum atomic E-state index is 5.30. The SMILES string of the molecule is COc1cccc(C(C)NC2CSCCC2(C)C)c1. The third kappa shape index (κ3) is 3.67. The molecule has 0 aliphatic carbocycles. The minimum absolute atomic E-state index is 0.359. The molecule has 2 nitrogen and oxygen atoms in total. The lowest BCUT2D eigenvalue weighted by Gasteiger charge is -2.40. The first kappa shape index (κ1) is 14.7. The van der Waals surface area contributed by atoms with E-state index in [1.54, 1.807) is 7.11 Å². The summed E-state index contributed by atoms with van der Waals surface area (Å²) < 4.78 is 5.30. The van der Waals surface area contributed by atoms with Crippen molar-refractivity contribution in [1.82, 2.24) is 5.32 Å². The van der Waals surface area contributed by atoms with Crippen LogP contribution in [0.3, 0.4) is 0 Å². The lowest BCUT2D eigenvalue weighted by molar-refractivity contribution is 0.232. The summed E-state index contributed by atoms with van der Waals surface area (Å²) in [6.45, 7) is 7.00. The van der Waals surface area contributed by atoms with Gasteiger partial charge in [-0.15, -0.1) is 0 Å². The second kappa shape index (κ2) is 6.19. The highest BCUT2D eigenvalue weighted by molar-refractivity contribution is 7.99. The molecule has 1 aliphatic rings. The zero-order valence-electron chi connectivity index (χ0n) is 12.4. The van der Waals surface area contributed by atoms with E-state index in [-0.39, 0.29) is 0 Å². The van der Waals surface area contributed by atoms with E-state index in [9.17, 15) is 0 Å². The molecule has 0 spiro atoms. The summed E-state index contributed by atoms with van der Waals surface area (Å²) in [7, 11) is 1.72. The van der Waals surface area contributed by atoms with Gasteiger partial charge in [0.1, 0.15) is 5.75 Å². The summed E-state index contributed by atoms with van der Waals surface area (Å²) in [6.07, 6.45) is 1.29. The summed E-state index contributed by atoms with van der Waals surface area (Å²) in [5.74, 6) is 3.43. The van der Waals surface area contributed by atoms with Crippen LogP contribution in [-0.2, 0) is 0 Å². The second-order valence-electron chi connectivity index (χ2n) is 6.03. The smallest absolute Gasteiger partial charge is 0.119 e. The third-order valence-electron chi connectivity index (χ3n) is 4.16. The number of rotatable bonds is 4. The number of hydrogen-bond acceptors (Lipinski definition) is 3. The number of methoxy groups -OCH3 is 1. The molecule has 0 amide bonds. The van der Waals surface area contributed by atoms with Gasteiger partial charge in [0, 0.05) is 17.8 Å². The van der Waals surface area contributed by atoms with Gasteiger partial charge in [-0.3, -0.25) is 0 Å². The Labute approximate surface area is 121 Å². The van der Waals surface area contributed by atoms with E-state index in [1.807, 2.05) is 6.07 Å². The van der Waals surface area contributed by atoms with Crippen LogP contribution >= 0.6 is 11.8 Å². The van der Waals surface area contributed by atoms with Crippen molar-refractivity contribution in [2.45, 2.75) is 39.3 Å². The largest absolute Gasteiger partial charge is 0.497 e. The normalized spacial score (nSPS) is 23.9. The fourth-order valence-electron chi connectivity index (χ4n) is 2.52. The van der Waals surface area contributed by atoms with Crippen LogP contribution in [0, 0.1) is 5.41 Å². The van der Waals surface area contributed by atoms with Gasteiger partial charge in [-0.25, -0.2) is 0 Å². The number of hydrogen-bond donors (Lipinski definition) is 1. The van der Waals surface area contributed by atoms with Crippen molar-refractivity contribution in [2.24, 2.45) is 5.41 Å². The summed E-state index contributed by atoms with van der Waals surface area (Å²) >= 11 is 2.06. The van der Waals surface area contributed by atoms with Gasteiger partial charge in [0.05, 0.1) is 7.11 Å². The van der Waals surface area contributed by atoms with Crippen molar-refractivity contribution in [1.29, 1.82) is 0 Å². The average molecular weight is 279 g/mol. The molecule has 1 N–H and O–H groups in total. The van der Waals surface area contributed by atoms with Crippen molar-refractivity contribution >= 4 is 11.8 Å². The summed E-state index contributed by atoms with van der Waals surface area (Å²) in [4.78, 5) is 0. The summed E-state index contributed by atoms with van der Waals surface area (Å²) in [5, 5.41) is 3.80. The minimum Gasteiger partial charge on any atom is -0.497 e. The molecular formula is C16H25NOS. The molecular weight excluding hydrogens is 254 g/mol. The third-order valence-corrected chi connectivity index (χ3v) is 5.23. The predicted octanol–water partition coefficient (Wildman–Crippen LogP) is 3.88. The van der Waals surface area contributed by atoms with Crippen molar-refractivity contribution in [3.63, 3.8) is 0 Å². The van der Waals surface area contributed by atoms with E-state index in [0.29, 0.717) is 17.5 Å². The zero-order valence-corrected chi connectivity index (χ0v) is 13.2. The molecule has 1 aromatic carbocycles. The van der Waals surface area contributed by atoms with Crippen molar-refractivity contribution in [2.75, 3.05) is 18.6 Å². The maximum absolute atomic E-state index is 5.30. The molecule has 3 heteroatoms. The molecule has 2 unspecified atom stereocenters. The predicted molar refractivity (Wildman–Crippen MR) is 84.1 cm³/mol. The van der Waals surface area contributed by atoms with Gasteiger partial charge in [0.15, 0.2) is 0 Å². The molecule has 1 fully saturated rings. The van der Waals surface area contributed by atoms with Gasteiger partial charge in [-0.2, -0.15) is 11.8 Å². The Morgan fingerprint density at radius 2 is 2.21 bits per heavy atom. The zero-order chi connectivity index (χ0) is 13.9. The fraction of sp³-hybridized carbons (Fsp3) is 0.625. The van der Waals surface area contributed by atoms with Crippen LogP contribution < -0.4 is 10.1 Å². The first-order chi connectivity index (χ1) is 9.03. The Kier molecular flexibility index (Phi) is 4.80. The van der Waals surface area contributed by atoms with Gasteiger partial charge >= 0.3 is 0 Å². The van der Waals surface area contributed by atoms with Crippen LogP contribution in [0.15, 0.2) is 24.3 Å². The molecule has 0 bridgehead atoms. The van der Waals surface area contributed by atoms with Crippen molar-refractivity contribution in [3.8, 4) is 5.75 Å². The van der Waals surface area contributed by atoms with E-state index in [1.165, 1.54) is 23.5 Å². The number of ether oxygens (including phenoxy) is 1. The molecule has 19 heavy (non-hydrogen) atoms. The van der Waals surface area contributed by atoms with Crippen LogP contribution in [-0.4, -0.2) is 24.7 Å². The maximum Gasteiger partial charge on any atom is 0.119 e. The lowest BCUT2D eigenvalue weighted by Crippen LogP contribution is -2.47. The minimum atomic E-state index is 0.359. The first-order valence-electron chi connectivity index (χ1n) is 7.00. The second-order valence-corrected chi connectivity index (χ2v) is 7.18. The Morgan fingerprint density at radius 1 is 1.42 bits per heavy atom. The first-order valence-corrected chi connectivity index (χ1v) is 8.16. The van der Waals surface area contributed by atoms with E-state index in [4.69, 9.17) is 4.74 Å². The van der Waals surface area contributed by atoms with Gasteiger partial charge in [0.2, 0.25) is 0 Å². The Morgan fingerprint density at radius 3 is 2.89 bits per heavy atom. The Balaban J connectivity index is 2.05. The Hall–Kier alpha value is -0.670. The topological polar surface area (TPSA) is 21.3 Å². The van der Waals surface area contributed by atoms with Gasteiger partial charge < -0.3 is 10.1 Å². The van der Waals surface area contributed by atoms with E-state index >= 15 is 0 Å². The molecule has 1 aromatic rings. The molecule has 2 atom stereocenters. The monoisotopic (exact) mass is 279 g/mol. The number of benzene rings is 1. The van der Waals surface area contributed by atoms with Crippen LogP contribution in [0.1, 0.15) is 38.8 Å². The fourth-order valence-corrected chi connectivity index (χ4v) is 4.14. The molecule has 106 valence electrons. The van der Waals surface area contributed by atoms with Crippen molar-refractivity contribution < 1.29 is 4.74 Å². The van der Waals surface area contributed by atoms with Gasteiger partial charge in [0.25, 0.3) is 0 Å². The molecule has 1 saturated heterocycles. The average Bonchev–Trinajstić information content (AvgIpc) is 2.41. The van der Waals surface area contributed by atoms with Gasteiger partial charge in [-0.1, -0.05) is 26.0 Å². The highest BCUT2D eigenvalue weighted by Gasteiger charge is 2.33. The molecule has 1 aliphatic heterocycles. The summed E-state index contributed by atoms with van der Waals surface area (Å²) in [6, 6.07) is 9.29. The van der Waals surface area contributed by atoms with Crippen LogP contribution in [0.25, 0.3) is 0 Å². The highest BCUT2D eigenvalue weighted by Crippen LogP contribution is 2.35. The molecule has 0 radical (unpaired) electrons. The van der Waals surface area contributed by atoms with Crippen LogP contribution in [0.2, 0.25) is 0 Å². The molecule has 1 heterocycles. The highest BCUT2D eigenvalue weighted by atomic mass is 32.2. The Bertz CT molecular complexity index is 419. The molecule has 0 aromatic heterocycles. The lowest BCUT2D eigenvalue weighted by atomic mass is 9.81. The quantitative estimate of drug-likeness (QED) is 0.904. The van der Waals surface area contributed by atoms with Gasteiger partial charge in [-0.05, 0) is 42.2 Å².